The molecule has 2 aromatic rings. The van der Waals surface area contributed by atoms with Gasteiger partial charge in [-0.15, -0.1) is 0 Å². The third-order valence-corrected chi connectivity index (χ3v) is 5.64. The molecule has 5 nitrogen and oxygen atoms in total. The molecule has 2 fully saturated rings. The first-order valence-electron chi connectivity index (χ1n) is 9.54. The zero-order valence-corrected chi connectivity index (χ0v) is 15.3. The Morgan fingerprint density at radius 2 is 1.96 bits per heavy atom. The highest BCUT2D eigenvalue weighted by molar-refractivity contribution is 5.19. The van der Waals surface area contributed by atoms with Crippen molar-refractivity contribution in [2.75, 3.05) is 13.1 Å². The van der Waals surface area contributed by atoms with Crippen LogP contribution in [0.15, 0.2) is 42.6 Å². The van der Waals surface area contributed by atoms with Gasteiger partial charge >= 0.3 is 0 Å². The summed E-state index contributed by atoms with van der Waals surface area (Å²) in [5.74, 6) is 0.820. The van der Waals surface area contributed by atoms with Crippen molar-refractivity contribution in [1.29, 1.82) is 0 Å². The number of piperidine rings is 1. The van der Waals surface area contributed by atoms with Gasteiger partial charge < -0.3 is 9.84 Å². The van der Waals surface area contributed by atoms with Crippen molar-refractivity contribution in [3.63, 3.8) is 0 Å². The molecule has 1 N–H and O–H groups in total. The largest absolute Gasteiger partial charge is 0.393 e. The van der Waals surface area contributed by atoms with Crippen molar-refractivity contribution in [2.24, 2.45) is 0 Å². The van der Waals surface area contributed by atoms with Crippen LogP contribution in [0.5, 0.6) is 0 Å². The number of hydrogen-bond acceptors (Lipinski definition) is 5. The van der Waals surface area contributed by atoms with E-state index in [2.05, 4.69) is 27.0 Å². The lowest BCUT2D eigenvalue weighted by Crippen LogP contribution is -2.50. The smallest absolute Gasteiger partial charge is 0.125 e. The minimum Gasteiger partial charge on any atom is -0.393 e. The number of nitrogens with zero attached hydrogens (tertiary/aromatic N) is 3. The van der Waals surface area contributed by atoms with Crippen LogP contribution in [0.3, 0.4) is 0 Å². The molecule has 0 unspecified atom stereocenters. The molecule has 3 heterocycles. The van der Waals surface area contributed by atoms with Crippen LogP contribution in [0, 0.1) is 6.92 Å². The predicted molar refractivity (Wildman–Crippen MR) is 99.5 cm³/mol. The first-order valence-corrected chi connectivity index (χ1v) is 9.54. The van der Waals surface area contributed by atoms with Gasteiger partial charge in [0.15, 0.2) is 0 Å². The van der Waals surface area contributed by atoms with Crippen molar-refractivity contribution in [3.8, 4) is 0 Å². The highest BCUT2D eigenvalue weighted by Gasteiger charge is 2.43. The summed E-state index contributed by atoms with van der Waals surface area (Å²) >= 11 is 0. The van der Waals surface area contributed by atoms with Gasteiger partial charge in [0, 0.05) is 38.7 Å². The van der Waals surface area contributed by atoms with Gasteiger partial charge in [-0.2, -0.15) is 0 Å². The van der Waals surface area contributed by atoms with E-state index in [1.165, 1.54) is 5.56 Å². The molecule has 1 spiro atoms. The summed E-state index contributed by atoms with van der Waals surface area (Å²) in [6.07, 6.45) is 4.89. The Morgan fingerprint density at radius 3 is 2.69 bits per heavy atom. The van der Waals surface area contributed by atoms with Crippen molar-refractivity contribution >= 4 is 0 Å². The van der Waals surface area contributed by atoms with E-state index >= 15 is 0 Å². The highest BCUT2D eigenvalue weighted by Crippen LogP contribution is 2.43. The van der Waals surface area contributed by atoms with E-state index in [1.807, 2.05) is 37.4 Å². The van der Waals surface area contributed by atoms with E-state index in [0.29, 0.717) is 6.42 Å². The minimum absolute atomic E-state index is 0.00369. The fourth-order valence-corrected chi connectivity index (χ4v) is 4.29. The minimum atomic E-state index is -0.287. The first kappa shape index (κ1) is 17.6. The van der Waals surface area contributed by atoms with E-state index in [9.17, 15) is 5.11 Å². The summed E-state index contributed by atoms with van der Waals surface area (Å²) in [4.78, 5) is 11.1. The Hall–Kier alpha value is -1.82. The van der Waals surface area contributed by atoms with Crippen LogP contribution in [0.25, 0.3) is 0 Å². The Kier molecular flexibility index (Phi) is 5.02. The number of hydrogen-bond donors (Lipinski definition) is 1. The van der Waals surface area contributed by atoms with E-state index in [0.717, 1.165) is 50.4 Å². The van der Waals surface area contributed by atoms with Crippen molar-refractivity contribution in [1.82, 2.24) is 14.9 Å². The van der Waals surface area contributed by atoms with Crippen molar-refractivity contribution < 1.29 is 9.84 Å². The summed E-state index contributed by atoms with van der Waals surface area (Å²) in [5, 5.41) is 10.5. The molecule has 0 aliphatic carbocycles. The fourth-order valence-electron chi connectivity index (χ4n) is 4.29. The summed E-state index contributed by atoms with van der Waals surface area (Å²) < 4.78 is 6.58. The van der Waals surface area contributed by atoms with E-state index in [4.69, 9.17) is 4.74 Å². The maximum atomic E-state index is 10.5. The molecule has 1 aromatic heterocycles. The second-order valence-corrected chi connectivity index (χ2v) is 7.67. The van der Waals surface area contributed by atoms with Crippen LogP contribution >= 0.6 is 0 Å². The molecule has 2 saturated heterocycles. The second kappa shape index (κ2) is 7.43. The number of aliphatic hydroxyl groups excluding tert-OH is 1. The Morgan fingerprint density at radius 1 is 1.19 bits per heavy atom. The quantitative estimate of drug-likeness (QED) is 0.919. The first-order chi connectivity index (χ1) is 12.6. The molecule has 2 atom stereocenters. The van der Waals surface area contributed by atoms with Crippen LogP contribution in [-0.4, -0.2) is 44.8 Å². The SMILES string of the molecule is Cc1nccc(CN2CCC3(CC2)C[C@H](O)C[C@H](c2ccccc2)O3)n1. The van der Waals surface area contributed by atoms with Crippen LogP contribution in [0.4, 0.5) is 0 Å². The average molecular weight is 353 g/mol. The zero-order chi connectivity index (χ0) is 18.0. The molecule has 0 bridgehead atoms. The molecular weight excluding hydrogens is 326 g/mol. The van der Waals surface area contributed by atoms with Crippen molar-refractivity contribution in [3.05, 3.63) is 59.7 Å². The molecule has 0 saturated carbocycles. The monoisotopic (exact) mass is 353 g/mol. The highest BCUT2D eigenvalue weighted by atomic mass is 16.5. The molecule has 26 heavy (non-hydrogen) atoms. The number of rotatable bonds is 3. The molecule has 0 radical (unpaired) electrons. The van der Waals surface area contributed by atoms with E-state index in [-0.39, 0.29) is 17.8 Å². The van der Waals surface area contributed by atoms with Gasteiger partial charge in [0.1, 0.15) is 5.82 Å². The summed E-state index contributed by atoms with van der Waals surface area (Å²) in [5.41, 5.74) is 2.04. The zero-order valence-electron chi connectivity index (χ0n) is 15.3. The number of ether oxygens (including phenoxy) is 1. The van der Waals surface area contributed by atoms with Crippen LogP contribution in [-0.2, 0) is 11.3 Å². The second-order valence-electron chi connectivity index (χ2n) is 7.67. The third-order valence-electron chi connectivity index (χ3n) is 5.64. The average Bonchev–Trinajstić information content (AvgIpc) is 2.64. The molecule has 138 valence electrons. The normalized spacial score (nSPS) is 26.1. The maximum absolute atomic E-state index is 10.5. The van der Waals surface area contributed by atoms with Crippen LogP contribution < -0.4 is 0 Å². The molecule has 2 aliphatic heterocycles. The number of benzene rings is 1. The summed E-state index contributed by atoms with van der Waals surface area (Å²) in [6, 6.07) is 12.3. The number of aromatic nitrogens is 2. The molecule has 0 amide bonds. The lowest BCUT2D eigenvalue weighted by molar-refractivity contribution is -0.184. The number of likely N-dealkylation sites (tertiary alicyclic amines) is 1. The third kappa shape index (κ3) is 3.95. The summed E-state index contributed by atoms with van der Waals surface area (Å²) in [6.45, 7) is 4.72. The van der Waals surface area contributed by atoms with Gasteiger partial charge in [-0.3, -0.25) is 4.90 Å². The van der Waals surface area contributed by atoms with E-state index < -0.39 is 0 Å². The molecule has 2 aliphatic rings. The van der Waals surface area contributed by atoms with E-state index in [1.54, 1.807) is 0 Å². The topological polar surface area (TPSA) is 58.5 Å². The van der Waals surface area contributed by atoms with Gasteiger partial charge in [0.05, 0.1) is 23.5 Å². The molecule has 4 rings (SSSR count). The van der Waals surface area contributed by atoms with Gasteiger partial charge in [0.25, 0.3) is 0 Å². The lowest BCUT2D eigenvalue weighted by Gasteiger charge is -2.48. The fraction of sp³-hybridized carbons (Fsp3) is 0.524. The molecule has 5 heteroatoms. The Balaban J connectivity index is 1.40. The van der Waals surface area contributed by atoms with Gasteiger partial charge in [0.2, 0.25) is 0 Å². The molecular formula is C21H27N3O2. The number of aryl methyl sites for hydroxylation is 1. The maximum Gasteiger partial charge on any atom is 0.125 e. The van der Waals surface area contributed by atoms with Gasteiger partial charge in [-0.05, 0) is 31.4 Å². The number of aliphatic hydroxyl groups is 1. The van der Waals surface area contributed by atoms with Crippen LogP contribution in [0.2, 0.25) is 0 Å². The van der Waals surface area contributed by atoms with Gasteiger partial charge in [-0.1, -0.05) is 30.3 Å². The Labute approximate surface area is 155 Å². The standard InChI is InChI=1S/C21H27N3O2/c1-16-22-10-7-18(23-16)15-24-11-8-21(9-12-24)14-19(25)13-20(26-21)17-5-3-2-4-6-17/h2-7,10,19-20,25H,8-9,11-15H2,1H3/t19-,20-/m1/s1. The lowest BCUT2D eigenvalue weighted by atomic mass is 9.81. The van der Waals surface area contributed by atoms with Crippen molar-refractivity contribution in [2.45, 2.75) is 57.0 Å². The van der Waals surface area contributed by atoms with Gasteiger partial charge in [-0.25, -0.2) is 9.97 Å². The molecule has 1 aromatic carbocycles. The summed E-state index contributed by atoms with van der Waals surface area (Å²) in [7, 11) is 0. The predicted octanol–water partition coefficient (Wildman–Crippen LogP) is 3.03. The Bertz CT molecular complexity index is 729. The van der Waals surface area contributed by atoms with Crippen LogP contribution in [0.1, 0.15) is 48.9 Å².